The van der Waals surface area contributed by atoms with E-state index in [9.17, 15) is 9.18 Å². The van der Waals surface area contributed by atoms with Gasteiger partial charge in [0, 0.05) is 6.20 Å². The number of halogens is 1. The zero-order chi connectivity index (χ0) is 15.1. The molecule has 0 saturated carbocycles. The summed E-state index contributed by atoms with van der Waals surface area (Å²) in [6.45, 7) is 0.238. The highest BCUT2D eigenvalue weighted by Crippen LogP contribution is 2.08. The van der Waals surface area contributed by atoms with Gasteiger partial charge in [0.25, 0.3) is 5.91 Å². The number of rotatable bonds is 4. The molecule has 2 rings (SSSR count). The van der Waals surface area contributed by atoms with Gasteiger partial charge in [-0.05, 0) is 35.9 Å². The molecule has 0 fully saturated rings. The Balaban J connectivity index is 2.05. The summed E-state index contributed by atoms with van der Waals surface area (Å²) < 4.78 is 12.8. The van der Waals surface area contributed by atoms with Crippen molar-refractivity contribution in [1.82, 2.24) is 10.3 Å². The molecule has 0 atom stereocenters. The average molecular weight is 281 g/mol. The Morgan fingerprint density at radius 2 is 2.05 bits per heavy atom. The van der Waals surface area contributed by atoms with Crippen LogP contribution < -0.4 is 5.32 Å². The van der Waals surface area contributed by atoms with Gasteiger partial charge >= 0.3 is 0 Å². The third-order valence-corrected chi connectivity index (χ3v) is 2.70. The number of carbonyl (C=O) groups excluding carboxylic acids is 1. The standard InChI is InChI=1S/C16H12FN3O/c17-14-6-4-12(5-7-14)9-13(10-18)16(21)20-11-15-3-1-2-8-19-15/h1-9H,11H2,(H,20,21). The minimum Gasteiger partial charge on any atom is -0.346 e. The Kier molecular flexibility index (Phi) is 4.78. The third-order valence-electron chi connectivity index (χ3n) is 2.70. The Morgan fingerprint density at radius 3 is 2.67 bits per heavy atom. The first-order valence-corrected chi connectivity index (χ1v) is 6.24. The molecular weight excluding hydrogens is 269 g/mol. The van der Waals surface area contributed by atoms with E-state index in [0.29, 0.717) is 11.3 Å². The molecule has 1 aromatic carbocycles. The SMILES string of the molecule is N#CC(=Cc1ccc(F)cc1)C(=O)NCc1ccccn1. The summed E-state index contributed by atoms with van der Waals surface area (Å²) in [6.07, 6.45) is 3.04. The topological polar surface area (TPSA) is 65.8 Å². The van der Waals surface area contributed by atoms with Gasteiger partial charge in [-0.15, -0.1) is 0 Å². The molecule has 0 bridgehead atoms. The van der Waals surface area contributed by atoms with Gasteiger partial charge in [0.2, 0.25) is 0 Å². The minimum absolute atomic E-state index is 0.0439. The molecule has 0 aliphatic heterocycles. The molecule has 1 amide bonds. The number of benzene rings is 1. The van der Waals surface area contributed by atoms with Gasteiger partial charge in [0.05, 0.1) is 12.2 Å². The number of carbonyl (C=O) groups is 1. The van der Waals surface area contributed by atoms with E-state index in [4.69, 9.17) is 5.26 Å². The van der Waals surface area contributed by atoms with Crippen molar-refractivity contribution in [2.45, 2.75) is 6.54 Å². The molecule has 0 radical (unpaired) electrons. The molecule has 2 aromatic rings. The second-order valence-electron chi connectivity index (χ2n) is 4.23. The monoisotopic (exact) mass is 281 g/mol. The third kappa shape index (κ3) is 4.25. The van der Waals surface area contributed by atoms with Crippen LogP contribution >= 0.6 is 0 Å². The van der Waals surface area contributed by atoms with Crippen molar-refractivity contribution in [2.75, 3.05) is 0 Å². The highest BCUT2D eigenvalue weighted by molar-refractivity contribution is 6.01. The minimum atomic E-state index is -0.493. The number of nitrogens with zero attached hydrogens (tertiary/aromatic N) is 2. The molecule has 0 spiro atoms. The van der Waals surface area contributed by atoms with Crippen molar-refractivity contribution in [3.8, 4) is 6.07 Å². The first-order chi connectivity index (χ1) is 10.2. The second-order valence-corrected chi connectivity index (χ2v) is 4.23. The molecule has 1 aromatic heterocycles. The average Bonchev–Trinajstić information content (AvgIpc) is 2.53. The predicted molar refractivity (Wildman–Crippen MR) is 76.1 cm³/mol. The fourth-order valence-electron chi connectivity index (χ4n) is 1.64. The largest absolute Gasteiger partial charge is 0.346 e. The highest BCUT2D eigenvalue weighted by atomic mass is 19.1. The second kappa shape index (κ2) is 6.96. The Hall–Kier alpha value is -3.00. The van der Waals surface area contributed by atoms with Crippen molar-refractivity contribution >= 4 is 12.0 Å². The summed E-state index contributed by atoms with van der Waals surface area (Å²) in [6, 6.07) is 12.7. The Labute approximate surface area is 121 Å². The Morgan fingerprint density at radius 1 is 1.29 bits per heavy atom. The summed E-state index contributed by atoms with van der Waals surface area (Å²) in [5, 5.41) is 11.7. The van der Waals surface area contributed by atoms with E-state index >= 15 is 0 Å². The summed E-state index contributed by atoms with van der Waals surface area (Å²) in [5.74, 6) is -0.863. The van der Waals surface area contributed by atoms with Crippen LogP contribution in [-0.4, -0.2) is 10.9 Å². The number of nitrogens with one attached hydrogen (secondary N) is 1. The van der Waals surface area contributed by atoms with Gasteiger partial charge in [0.1, 0.15) is 17.5 Å². The lowest BCUT2D eigenvalue weighted by molar-refractivity contribution is -0.117. The van der Waals surface area contributed by atoms with Gasteiger partial charge in [-0.2, -0.15) is 5.26 Å². The smallest absolute Gasteiger partial charge is 0.262 e. The number of hydrogen-bond donors (Lipinski definition) is 1. The maximum absolute atomic E-state index is 12.8. The highest BCUT2D eigenvalue weighted by Gasteiger charge is 2.08. The number of hydrogen-bond acceptors (Lipinski definition) is 3. The van der Waals surface area contributed by atoms with Crippen LogP contribution in [-0.2, 0) is 11.3 Å². The Bertz CT molecular complexity index is 688. The number of nitriles is 1. The van der Waals surface area contributed by atoms with Gasteiger partial charge in [-0.25, -0.2) is 4.39 Å². The van der Waals surface area contributed by atoms with Crippen LogP contribution in [0.5, 0.6) is 0 Å². The van der Waals surface area contributed by atoms with Crippen LogP contribution in [0, 0.1) is 17.1 Å². The van der Waals surface area contributed by atoms with Crippen molar-refractivity contribution in [3.05, 3.63) is 71.3 Å². The molecule has 0 saturated heterocycles. The lowest BCUT2D eigenvalue weighted by Gasteiger charge is -2.03. The van der Waals surface area contributed by atoms with E-state index in [0.717, 1.165) is 0 Å². The maximum Gasteiger partial charge on any atom is 0.262 e. The molecule has 104 valence electrons. The van der Waals surface area contributed by atoms with E-state index in [1.165, 1.54) is 30.3 Å². The fourth-order valence-corrected chi connectivity index (χ4v) is 1.64. The zero-order valence-corrected chi connectivity index (χ0v) is 11.1. The van der Waals surface area contributed by atoms with E-state index in [1.807, 2.05) is 12.1 Å². The zero-order valence-electron chi connectivity index (χ0n) is 11.1. The van der Waals surface area contributed by atoms with Crippen LogP contribution in [0.1, 0.15) is 11.3 Å². The van der Waals surface area contributed by atoms with Gasteiger partial charge in [-0.3, -0.25) is 9.78 Å². The number of aromatic nitrogens is 1. The first kappa shape index (κ1) is 14.4. The molecule has 1 heterocycles. The lowest BCUT2D eigenvalue weighted by atomic mass is 10.1. The van der Waals surface area contributed by atoms with E-state index in [1.54, 1.807) is 18.3 Å². The van der Waals surface area contributed by atoms with Crippen LogP contribution in [0.15, 0.2) is 54.2 Å². The molecule has 5 heteroatoms. The maximum atomic E-state index is 12.8. The van der Waals surface area contributed by atoms with Crippen molar-refractivity contribution in [1.29, 1.82) is 5.26 Å². The van der Waals surface area contributed by atoms with E-state index < -0.39 is 5.91 Å². The van der Waals surface area contributed by atoms with Crippen molar-refractivity contribution < 1.29 is 9.18 Å². The fraction of sp³-hybridized carbons (Fsp3) is 0.0625. The van der Waals surface area contributed by atoms with Gasteiger partial charge in [0.15, 0.2) is 0 Å². The van der Waals surface area contributed by atoms with Crippen LogP contribution in [0.3, 0.4) is 0 Å². The van der Waals surface area contributed by atoms with Crippen molar-refractivity contribution in [2.24, 2.45) is 0 Å². The molecule has 1 N–H and O–H groups in total. The summed E-state index contributed by atoms with van der Waals surface area (Å²) in [5.41, 5.74) is 1.24. The van der Waals surface area contributed by atoms with Gasteiger partial charge in [-0.1, -0.05) is 18.2 Å². The van der Waals surface area contributed by atoms with Crippen LogP contribution in [0.25, 0.3) is 6.08 Å². The summed E-state index contributed by atoms with van der Waals surface area (Å²) in [4.78, 5) is 16.0. The molecule has 0 unspecified atom stereocenters. The molecule has 4 nitrogen and oxygen atoms in total. The van der Waals surface area contributed by atoms with Crippen LogP contribution in [0.2, 0.25) is 0 Å². The number of pyridine rings is 1. The first-order valence-electron chi connectivity index (χ1n) is 6.24. The van der Waals surface area contributed by atoms with Crippen LogP contribution in [0.4, 0.5) is 4.39 Å². The normalized spacial score (nSPS) is 10.8. The molecular formula is C16H12FN3O. The van der Waals surface area contributed by atoms with Crippen molar-refractivity contribution in [3.63, 3.8) is 0 Å². The number of amides is 1. The quantitative estimate of drug-likeness (QED) is 0.691. The van der Waals surface area contributed by atoms with E-state index in [-0.39, 0.29) is 17.9 Å². The van der Waals surface area contributed by atoms with Gasteiger partial charge < -0.3 is 5.32 Å². The molecule has 21 heavy (non-hydrogen) atoms. The van der Waals surface area contributed by atoms with E-state index in [2.05, 4.69) is 10.3 Å². The predicted octanol–water partition coefficient (Wildman–Crippen LogP) is 2.44. The lowest BCUT2D eigenvalue weighted by Crippen LogP contribution is -2.24. The molecule has 0 aliphatic carbocycles. The summed E-state index contributed by atoms with van der Waals surface area (Å²) >= 11 is 0. The molecule has 0 aliphatic rings. The summed E-state index contributed by atoms with van der Waals surface area (Å²) in [7, 11) is 0.